The van der Waals surface area contributed by atoms with Gasteiger partial charge in [0.05, 0.1) is 12.7 Å². The van der Waals surface area contributed by atoms with Crippen molar-refractivity contribution in [3.8, 4) is 0 Å². The summed E-state index contributed by atoms with van der Waals surface area (Å²) in [6.07, 6.45) is 0. The average Bonchev–Trinajstić information content (AvgIpc) is 2.81. The molecule has 0 aliphatic heterocycles. The lowest BCUT2D eigenvalue weighted by atomic mass is 10.1. The summed E-state index contributed by atoms with van der Waals surface area (Å²) in [5, 5.41) is 0.859. The molecule has 0 aliphatic rings. The van der Waals surface area contributed by atoms with E-state index in [0.29, 0.717) is 5.56 Å². The number of methoxy groups -OCH3 is 2. The summed E-state index contributed by atoms with van der Waals surface area (Å²) in [7, 11) is 2.99. The highest BCUT2D eigenvalue weighted by atomic mass is 16.5. The number of carbonyl (C=O) groups is 1. The molecular formula is C14H16O4. The molecule has 0 bridgehead atoms. The SMILES string of the molecule is COC(=O)c1ccc2oc(C(C)(C)OC)cc2c1. The summed E-state index contributed by atoms with van der Waals surface area (Å²) >= 11 is 0. The van der Waals surface area contributed by atoms with Gasteiger partial charge in [0.2, 0.25) is 0 Å². The van der Waals surface area contributed by atoms with Gasteiger partial charge in [0.15, 0.2) is 0 Å². The van der Waals surface area contributed by atoms with Crippen molar-refractivity contribution in [3.63, 3.8) is 0 Å². The molecule has 1 aromatic carbocycles. The van der Waals surface area contributed by atoms with Crippen molar-refractivity contribution in [1.82, 2.24) is 0 Å². The number of ether oxygens (including phenoxy) is 2. The van der Waals surface area contributed by atoms with Crippen LogP contribution in [0.4, 0.5) is 0 Å². The molecule has 0 atom stereocenters. The van der Waals surface area contributed by atoms with Gasteiger partial charge in [-0.3, -0.25) is 0 Å². The quantitative estimate of drug-likeness (QED) is 0.783. The second-order valence-electron chi connectivity index (χ2n) is 4.57. The van der Waals surface area contributed by atoms with E-state index in [1.807, 2.05) is 19.9 Å². The number of hydrogen-bond donors (Lipinski definition) is 0. The average molecular weight is 248 g/mol. The molecule has 4 nitrogen and oxygen atoms in total. The Balaban J connectivity index is 2.49. The molecule has 2 rings (SSSR count). The monoisotopic (exact) mass is 248 g/mol. The highest BCUT2D eigenvalue weighted by molar-refractivity contribution is 5.94. The van der Waals surface area contributed by atoms with Crippen LogP contribution in [0.5, 0.6) is 0 Å². The number of hydrogen-bond acceptors (Lipinski definition) is 4. The fourth-order valence-corrected chi connectivity index (χ4v) is 1.69. The highest BCUT2D eigenvalue weighted by Crippen LogP contribution is 2.30. The first-order chi connectivity index (χ1) is 8.47. The zero-order valence-electron chi connectivity index (χ0n) is 10.9. The first-order valence-electron chi connectivity index (χ1n) is 5.65. The predicted octanol–water partition coefficient (Wildman–Crippen LogP) is 3.10. The molecule has 0 fully saturated rings. The summed E-state index contributed by atoms with van der Waals surface area (Å²) < 4.78 is 15.8. The zero-order valence-corrected chi connectivity index (χ0v) is 10.9. The minimum Gasteiger partial charge on any atom is -0.465 e. The molecule has 0 unspecified atom stereocenters. The Labute approximate surface area is 105 Å². The summed E-state index contributed by atoms with van der Waals surface area (Å²) in [5.41, 5.74) is 0.736. The second kappa shape index (κ2) is 4.46. The molecule has 0 aliphatic carbocycles. The molecule has 4 heteroatoms. The lowest BCUT2D eigenvalue weighted by molar-refractivity contribution is 0.00212. The molecule has 1 heterocycles. The van der Waals surface area contributed by atoms with E-state index in [0.717, 1.165) is 16.7 Å². The Morgan fingerprint density at radius 1 is 1.22 bits per heavy atom. The van der Waals surface area contributed by atoms with Gasteiger partial charge in [-0.05, 0) is 38.1 Å². The maximum absolute atomic E-state index is 11.4. The van der Waals surface area contributed by atoms with Crippen molar-refractivity contribution in [1.29, 1.82) is 0 Å². The highest BCUT2D eigenvalue weighted by Gasteiger charge is 2.24. The first-order valence-corrected chi connectivity index (χ1v) is 5.65. The fraction of sp³-hybridized carbons (Fsp3) is 0.357. The number of benzene rings is 1. The lowest BCUT2D eigenvalue weighted by Gasteiger charge is -2.19. The molecule has 0 saturated heterocycles. The molecule has 96 valence electrons. The Morgan fingerprint density at radius 3 is 2.56 bits per heavy atom. The summed E-state index contributed by atoms with van der Waals surface area (Å²) in [6.45, 7) is 3.85. The van der Waals surface area contributed by atoms with Crippen molar-refractivity contribution >= 4 is 16.9 Å². The third kappa shape index (κ3) is 2.11. The number of carbonyl (C=O) groups excluding carboxylic acids is 1. The Morgan fingerprint density at radius 2 is 1.94 bits per heavy atom. The van der Waals surface area contributed by atoms with Crippen LogP contribution in [0.1, 0.15) is 30.0 Å². The van der Waals surface area contributed by atoms with Gasteiger partial charge in [-0.1, -0.05) is 0 Å². The van der Waals surface area contributed by atoms with E-state index in [1.165, 1.54) is 7.11 Å². The largest absolute Gasteiger partial charge is 0.465 e. The van der Waals surface area contributed by atoms with Gasteiger partial charge in [0.25, 0.3) is 0 Å². The maximum Gasteiger partial charge on any atom is 0.337 e. The molecule has 18 heavy (non-hydrogen) atoms. The lowest BCUT2D eigenvalue weighted by Crippen LogP contribution is -2.18. The molecule has 0 radical (unpaired) electrons. The van der Waals surface area contributed by atoms with Gasteiger partial charge in [-0.2, -0.15) is 0 Å². The molecule has 2 aromatic rings. The van der Waals surface area contributed by atoms with E-state index in [-0.39, 0.29) is 5.97 Å². The standard InChI is InChI=1S/C14H16O4/c1-14(2,17-4)12-8-10-7-9(13(15)16-3)5-6-11(10)18-12/h5-8H,1-4H3. The summed E-state index contributed by atoms with van der Waals surface area (Å²) in [6, 6.07) is 7.07. The van der Waals surface area contributed by atoms with Crippen LogP contribution < -0.4 is 0 Å². The number of fused-ring (bicyclic) bond motifs is 1. The Hall–Kier alpha value is -1.81. The van der Waals surface area contributed by atoms with Gasteiger partial charge < -0.3 is 13.9 Å². The van der Waals surface area contributed by atoms with E-state index < -0.39 is 5.60 Å². The van der Waals surface area contributed by atoms with Crippen LogP contribution in [-0.4, -0.2) is 20.2 Å². The number of furan rings is 1. The molecule has 0 N–H and O–H groups in total. The fourth-order valence-electron chi connectivity index (χ4n) is 1.69. The molecule has 0 spiro atoms. The van der Waals surface area contributed by atoms with Gasteiger partial charge in [-0.15, -0.1) is 0 Å². The molecule has 0 amide bonds. The van der Waals surface area contributed by atoms with E-state index in [2.05, 4.69) is 4.74 Å². The topological polar surface area (TPSA) is 48.7 Å². The smallest absolute Gasteiger partial charge is 0.337 e. The Bertz CT molecular complexity index is 580. The minimum atomic E-state index is -0.496. The first kappa shape index (κ1) is 12.6. The van der Waals surface area contributed by atoms with Gasteiger partial charge >= 0.3 is 5.97 Å². The van der Waals surface area contributed by atoms with Gasteiger partial charge in [-0.25, -0.2) is 4.79 Å². The van der Waals surface area contributed by atoms with Crippen LogP contribution in [0.25, 0.3) is 11.0 Å². The Kier molecular flexibility index (Phi) is 3.13. The van der Waals surface area contributed by atoms with E-state index in [4.69, 9.17) is 9.15 Å². The predicted molar refractivity (Wildman–Crippen MR) is 67.6 cm³/mol. The molecule has 1 aromatic heterocycles. The normalized spacial score (nSPS) is 11.8. The zero-order chi connectivity index (χ0) is 13.3. The van der Waals surface area contributed by atoms with E-state index >= 15 is 0 Å². The van der Waals surface area contributed by atoms with Crippen LogP contribution >= 0.6 is 0 Å². The van der Waals surface area contributed by atoms with E-state index in [9.17, 15) is 4.79 Å². The van der Waals surface area contributed by atoms with Crippen molar-refractivity contribution in [2.45, 2.75) is 19.4 Å². The van der Waals surface area contributed by atoms with Gasteiger partial charge in [0, 0.05) is 12.5 Å². The van der Waals surface area contributed by atoms with Crippen molar-refractivity contribution < 1.29 is 18.7 Å². The van der Waals surface area contributed by atoms with E-state index in [1.54, 1.807) is 25.3 Å². The van der Waals surface area contributed by atoms with Crippen molar-refractivity contribution in [2.24, 2.45) is 0 Å². The molecule has 0 saturated carbocycles. The van der Waals surface area contributed by atoms with Crippen molar-refractivity contribution in [2.75, 3.05) is 14.2 Å². The van der Waals surface area contributed by atoms with Crippen LogP contribution in [0.15, 0.2) is 28.7 Å². The number of rotatable bonds is 3. The minimum absolute atomic E-state index is 0.356. The maximum atomic E-state index is 11.4. The van der Waals surface area contributed by atoms with Crippen molar-refractivity contribution in [3.05, 3.63) is 35.6 Å². The summed E-state index contributed by atoms with van der Waals surface area (Å²) in [5.74, 6) is 0.368. The molecular weight excluding hydrogens is 232 g/mol. The van der Waals surface area contributed by atoms with Crippen LogP contribution in [0, 0.1) is 0 Å². The third-order valence-corrected chi connectivity index (χ3v) is 3.04. The second-order valence-corrected chi connectivity index (χ2v) is 4.57. The van der Waals surface area contributed by atoms with Crippen LogP contribution in [0.3, 0.4) is 0 Å². The van der Waals surface area contributed by atoms with Gasteiger partial charge in [0.1, 0.15) is 16.9 Å². The van der Waals surface area contributed by atoms with Crippen LogP contribution in [0.2, 0.25) is 0 Å². The third-order valence-electron chi connectivity index (χ3n) is 3.04. The summed E-state index contributed by atoms with van der Waals surface area (Å²) in [4.78, 5) is 11.4. The number of esters is 1. The van der Waals surface area contributed by atoms with Crippen LogP contribution in [-0.2, 0) is 15.1 Å².